The molecule has 2 aromatic rings. The number of aromatic nitrogens is 1. The third kappa shape index (κ3) is 3.31. The number of rotatable bonds is 4. The molecule has 5 heteroatoms. The summed E-state index contributed by atoms with van der Waals surface area (Å²) < 4.78 is 1.08. The molecule has 0 saturated carbocycles. The Morgan fingerprint density at radius 2 is 2.06 bits per heavy atom. The lowest BCUT2D eigenvalue weighted by molar-refractivity contribution is 0.203. The molecule has 1 atom stereocenters. The largest absolute Gasteiger partial charge is 0.388 e. The molecule has 3 nitrogen and oxygen atoms in total. The van der Waals surface area contributed by atoms with Gasteiger partial charge in [0.05, 0.1) is 11.0 Å². The molecule has 0 aliphatic rings. The molecule has 0 aliphatic heterocycles. The van der Waals surface area contributed by atoms with E-state index in [4.69, 9.17) is 0 Å². The SMILES string of the molecule is CC(O)c1cnc(N(C)Cc2ccc(Br)cc2)s1. The van der Waals surface area contributed by atoms with E-state index in [0.717, 1.165) is 21.0 Å². The third-order valence-corrected chi connectivity index (χ3v) is 4.39. The lowest BCUT2D eigenvalue weighted by Gasteiger charge is -2.15. The van der Waals surface area contributed by atoms with Gasteiger partial charge in [-0.25, -0.2) is 4.98 Å². The molecule has 0 fully saturated rings. The van der Waals surface area contributed by atoms with Crippen molar-refractivity contribution in [2.75, 3.05) is 11.9 Å². The summed E-state index contributed by atoms with van der Waals surface area (Å²) in [5.41, 5.74) is 1.23. The average Bonchev–Trinajstić information content (AvgIpc) is 2.81. The van der Waals surface area contributed by atoms with Crippen LogP contribution in [0.2, 0.25) is 0 Å². The topological polar surface area (TPSA) is 36.4 Å². The van der Waals surface area contributed by atoms with Crippen molar-refractivity contribution in [2.45, 2.75) is 19.6 Å². The van der Waals surface area contributed by atoms with Crippen LogP contribution < -0.4 is 4.90 Å². The van der Waals surface area contributed by atoms with Crippen molar-refractivity contribution in [2.24, 2.45) is 0 Å². The number of hydrogen-bond donors (Lipinski definition) is 1. The van der Waals surface area contributed by atoms with Gasteiger partial charge < -0.3 is 10.0 Å². The Hall–Kier alpha value is -0.910. The number of nitrogens with zero attached hydrogens (tertiary/aromatic N) is 2. The summed E-state index contributed by atoms with van der Waals surface area (Å²) in [4.78, 5) is 7.31. The standard InChI is InChI=1S/C13H15BrN2OS/c1-9(17)12-7-15-13(18-12)16(2)8-10-3-5-11(14)6-4-10/h3-7,9,17H,8H2,1-2H3. The first-order chi connectivity index (χ1) is 8.56. The maximum absolute atomic E-state index is 9.49. The van der Waals surface area contributed by atoms with Crippen LogP contribution in [-0.2, 0) is 6.54 Å². The second-order valence-electron chi connectivity index (χ2n) is 4.20. The number of anilines is 1. The van der Waals surface area contributed by atoms with E-state index in [1.54, 1.807) is 13.1 Å². The average molecular weight is 327 g/mol. The highest BCUT2D eigenvalue weighted by molar-refractivity contribution is 9.10. The Kier molecular flexibility index (Phi) is 4.37. The number of thiazole rings is 1. The molecule has 18 heavy (non-hydrogen) atoms. The van der Waals surface area contributed by atoms with Crippen molar-refractivity contribution < 1.29 is 5.11 Å². The zero-order chi connectivity index (χ0) is 13.1. The number of halogens is 1. The number of aliphatic hydroxyl groups excluding tert-OH is 1. The molecule has 0 saturated heterocycles. The maximum Gasteiger partial charge on any atom is 0.185 e. The van der Waals surface area contributed by atoms with Crippen molar-refractivity contribution in [3.8, 4) is 0 Å². The van der Waals surface area contributed by atoms with Crippen LogP contribution in [0.5, 0.6) is 0 Å². The first kappa shape index (κ1) is 13.5. The number of aliphatic hydroxyl groups is 1. The minimum atomic E-state index is -0.447. The van der Waals surface area contributed by atoms with Crippen molar-refractivity contribution >= 4 is 32.4 Å². The molecule has 1 unspecified atom stereocenters. The molecular formula is C13H15BrN2OS. The Morgan fingerprint density at radius 1 is 1.39 bits per heavy atom. The van der Waals surface area contributed by atoms with Crippen LogP contribution in [-0.4, -0.2) is 17.1 Å². The summed E-state index contributed by atoms with van der Waals surface area (Å²) in [6.45, 7) is 2.56. The summed E-state index contributed by atoms with van der Waals surface area (Å²) in [5.74, 6) is 0. The number of benzene rings is 1. The van der Waals surface area contributed by atoms with Crippen molar-refractivity contribution in [1.82, 2.24) is 4.98 Å². The molecule has 1 N–H and O–H groups in total. The predicted octanol–water partition coefficient (Wildman–Crippen LogP) is 3.60. The van der Waals surface area contributed by atoms with Crippen LogP contribution in [0, 0.1) is 0 Å². The fraction of sp³-hybridized carbons (Fsp3) is 0.308. The van der Waals surface area contributed by atoms with Gasteiger partial charge in [0.2, 0.25) is 0 Å². The molecule has 1 heterocycles. The Bertz CT molecular complexity index is 510. The lowest BCUT2D eigenvalue weighted by Crippen LogP contribution is -2.15. The van der Waals surface area contributed by atoms with Crippen molar-refractivity contribution in [3.63, 3.8) is 0 Å². The zero-order valence-corrected chi connectivity index (χ0v) is 12.7. The van der Waals surface area contributed by atoms with Gasteiger partial charge in [-0.1, -0.05) is 39.4 Å². The first-order valence-electron chi connectivity index (χ1n) is 5.65. The summed E-state index contributed by atoms with van der Waals surface area (Å²) in [7, 11) is 2.01. The second kappa shape index (κ2) is 5.82. The quantitative estimate of drug-likeness (QED) is 0.932. The van der Waals surface area contributed by atoms with Crippen LogP contribution in [0.15, 0.2) is 34.9 Å². The minimum Gasteiger partial charge on any atom is -0.388 e. The molecule has 96 valence electrons. The molecule has 1 aromatic carbocycles. The highest BCUT2D eigenvalue weighted by Gasteiger charge is 2.10. The molecular weight excluding hydrogens is 312 g/mol. The summed E-state index contributed by atoms with van der Waals surface area (Å²) in [6.07, 6.45) is 1.29. The summed E-state index contributed by atoms with van der Waals surface area (Å²) in [6, 6.07) is 8.24. The van der Waals surface area contributed by atoms with E-state index in [0.29, 0.717) is 0 Å². The van der Waals surface area contributed by atoms with Crippen LogP contribution in [0.25, 0.3) is 0 Å². The van der Waals surface area contributed by atoms with Gasteiger partial charge in [-0.3, -0.25) is 0 Å². The molecule has 0 amide bonds. The fourth-order valence-electron chi connectivity index (χ4n) is 1.58. The zero-order valence-electron chi connectivity index (χ0n) is 10.3. The summed E-state index contributed by atoms with van der Waals surface area (Å²) in [5, 5.41) is 10.4. The minimum absolute atomic E-state index is 0.447. The molecule has 0 bridgehead atoms. The molecule has 1 aromatic heterocycles. The van der Waals surface area contributed by atoms with E-state index >= 15 is 0 Å². The van der Waals surface area contributed by atoms with Gasteiger partial charge in [0.25, 0.3) is 0 Å². The van der Waals surface area contributed by atoms with Crippen LogP contribution in [0.3, 0.4) is 0 Å². The highest BCUT2D eigenvalue weighted by atomic mass is 79.9. The molecule has 0 spiro atoms. The lowest BCUT2D eigenvalue weighted by atomic mass is 10.2. The van der Waals surface area contributed by atoms with E-state index in [-0.39, 0.29) is 0 Å². The highest BCUT2D eigenvalue weighted by Crippen LogP contribution is 2.27. The van der Waals surface area contributed by atoms with Crippen molar-refractivity contribution in [3.05, 3.63) is 45.4 Å². The van der Waals surface area contributed by atoms with Crippen molar-refractivity contribution in [1.29, 1.82) is 0 Å². The van der Waals surface area contributed by atoms with Crippen LogP contribution >= 0.6 is 27.3 Å². The van der Waals surface area contributed by atoms with E-state index in [9.17, 15) is 5.11 Å². The molecule has 0 radical (unpaired) electrons. The Labute approximate surface area is 119 Å². The first-order valence-corrected chi connectivity index (χ1v) is 7.26. The van der Waals surface area contributed by atoms with Gasteiger partial charge in [-0.05, 0) is 24.6 Å². The van der Waals surface area contributed by atoms with E-state index in [1.807, 2.05) is 19.2 Å². The fourth-order valence-corrected chi connectivity index (χ4v) is 2.65. The van der Waals surface area contributed by atoms with Gasteiger partial charge in [-0.2, -0.15) is 0 Å². The second-order valence-corrected chi connectivity index (χ2v) is 6.16. The molecule has 0 aliphatic carbocycles. The van der Waals surface area contributed by atoms with Gasteiger partial charge in [0, 0.05) is 24.3 Å². The third-order valence-electron chi connectivity index (χ3n) is 2.58. The van der Waals surface area contributed by atoms with E-state index in [1.165, 1.54) is 16.9 Å². The van der Waals surface area contributed by atoms with Gasteiger partial charge >= 0.3 is 0 Å². The monoisotopic (exact) mass is 326 g/mol. The Morgan fingerprint density at radius 3 is 2.61 bits per heavy atom. The van der Waals surface area contributed by atoms with Gasteiger partial charge in [-0.15, -0.1) is 0 Å². The maximum atomic E-state index is 9.49. The van der Waals surface area contributed by atoms with Crippen LogP contribution in [0.4, 0.5) is 5.13 Å². The Balaban J connectivity index is 2.06. The smallest absolute Gasteiger partial charge is 0.185 e. The number of hydrogen-bond acceptors (Lipinski definition) is 4. The van der Waals surface area contributed by atoms with Gasteiger partial charge in [0.15, 0.2) is 5.13 Å². The normalized spacial score (nSPS) is 12.4. The van der Waals surface area contributed by atoms with Gasteiger partial charge in [0.1, 0.15) is 0 Å². The van der Waals surface area contributed by atoms with E-state index in [2.05, 4.69) is 37.9 Å². The summed E-state index contributed by atoms with van der Waals surface area (Å²) >= 11 is 4.95. The van der Waals surface area contributed by atoms with E-state index < -0.39 is 6.10 Å². The predicted molar refractivity (Wildman–Crippen MR) is 79.0 cm³/mol. The molecule has 2 rings (SSSR count). The van der Waals surface area contributed by atoms with Crippen LogP contribution in [0.1, 0.15) is 23.5 Å².